The molecule has 1 aliphatic heterocycles. The van der Waals surface area contributed by atoms with Gasteiger partial charge in [-0.2, -0.15) is 4.57 Å². The van der Waals surface area contributed by atoms with Crippen molar-refractivity contribution < 1.29 is 35.2 Å². The molecule has 0 radical (unpaired) electrons. The van der Waals surface area contributed by atoms with Gasteiger partial charge in [0.15, 0.2) is 12.3 Å². The zero-order valence-electron chi connectivity index (χ0n) is 23.1. The first-order chi connectivity index (χ1) is 20.4. The molecule has 1 aliphatic rings. The van der Waals surface area contributed by atoms with Crippen molar-refractivity contribution in [2.75, 3.05) is 23.0 Å². The number of hydrogen-bond acceptors (Lipinski definition) is 9. The average Bonchev–Trinajstić information content (AvgIpc) is 3.45. The topological polar surface area (TPSA) is 131 Å². The van der Waals surface area contributed by atoms with Gasteiger partial charge in [0.1, 0.15) is 4.70 Å². The zero-order valence-corrected chi connectivity index (χ0v) is 26.3. The van der Waals surface area contributed by atoms with E-state index in [0.29, 0.717) is 35.3 Å². The first-order valence-electron chi connectivity index (χ1n) is 13.4. The molecule has 0 saturated carbocycles. The van der Waals surface area contributed by atoms with Gasteiger partial charge in [-0.05, 0) is 54.3 Å². The molecule has 3 aromatic carbocycles. The van der Waals surface area contributed by atoms with E-state index in [0.717, 1.165) is 31.9 Å². The second-order valence-corrected chi connectivity index (χ2v) is 14.7. The molecule has 0 unspecified atom stereocenters. The van der Waals surface area contributed by atoms with Crippen LogP contribution in [0.4, 0.5) is 5.69 Å². The summed E-state index contributed by atoms with van der Waals surface area (Å²) in [4.78, 5) is 1.69. The smallest absolute Gasteiger partial charge is 0.263 e. The van der Waals surface area contributed by atoms with Gasteiger partial charge in [0.05, 0.1) is 31.7 Å². The molecule has 0 aliphatic carbocycles. The third-order valence-electron chi connectivity index (χ3n) is 6.82. The minimum absolute atomic E-state index is 0.0831. The molecule has 13 heteroatoms. The molecule has 0 N–H and O–H groups in total. The van der Waals surface area contributed by atoms with Gasteiger partial charge in [-0.25, -0.2) is 16.8 Å². The summed E-state index contributed by atoms with van der Waals surface area (Å²) in [6, 6.07) is 20.9. The minimum Gasteiger partial charge on any atom is -0.748 e. The molecule has 9 nitrogen and oxygen atoms in total. The van der Waals surface area contributed by atoms with Gasteiger partial charge in [0.2, 0.25) is 11.4 Å². The molecule has 0 spiro atoms. The molecule has 0 saturated heterocycles. The summed E-state index contributed by atoms with van der Waals surface area (Å²) in [5.74, 6) is -0.0940. The summed E-state index contributed by atoms with van der Waals surface area (Å²) < 4.78 is 77.0. The van der Waals surface area contributed by atoms with Crippen LogP contribution >= 0.6 is 22.9 Å². The number of ether oxygens (including phenoxy) is 1. The van der Waals surface area contributed by atoms with Crippen LogP contribution in [0.2, 0.25) is 5.02 Å². The molecule has 226 valence electrons. The van der Waals surface area contributed by atoms with Crippen molar-refractivity contribution in [3.63, 3.8) is 0 Å². The van der Waals surface area contributed by atoms with Crippen LogP contribution in [0.15, 0.2) is 84.3 Å². The van der Waals surface area contributed by atoms with E-state index in [1.54, 1.807) is 17.0 Å². The Balaban J connectivity index is 1.48. The number of hydrogen-bond donors (Lipinski definition) is 0. The number of nitrogens with zero attached hydrogens (tertiary/aromatic N) is 2. The third kappa shape index (κ3) is 8.02. The number of benzene rings is 3. The van der Waals surface area contributed by atoms with E-state index in [9.17, 15) is 25.9 Å². The number of thiazole rings is 1. The summed E-state index contributed by atoms with van der Waals surface area (Å²) in [7, 11) is -8.77. The van der Waals surface area contributed by atoms with Crippen LogP contribution < -0.4 is 14.2 Å². The number of aryl methyl sites for hydroxylation is 1. The van der Waals surface area contributed by atoms with Crippen LogP contribution in [0, 0.1) is 0 Å². The Bertz CT molecular complexity index is 1940. The first-order valence-corrected chi connectivity index (χ1v) is 17.8. The van der Waals surface area contributed by atoms with Crippen LogP contribution in [-0.2, 0) is 26.8 Å². The Hall–Kier alpha value is -3.26. The lowest BCUT2D eigenvalue weighted by Crippen LogP contribution is -2.35. The molecule has 2 heterocycles. The van der Waals surface area contributed by atoms with Crippen molar-refractivity contribution in [3.05, 3.63) is 94.3 Å². The van der Waals surface area contributed by atoms with Gasteiger partial charge in [-0.1, -0.05) is 59.3 Å². The standard InChI is InChI=1S/C30H29ClN2O7S3/c1-21(18-30-33(13-5-6-15-42(34,35)36)26-20-24(31)10-12-28(26)41-30)17-29-32(14-16-43(37,38)39)25-19-23(9-11-27(25)40-29)22-7-3-2-4-8-22/h2-4,7-12,17-20H,5-6,13-16H2,1H3,(H-,34,35,36,37,38,39)/p-1. The quantitative estimate of drug-likeness (QED) is 0.117. The van der Waals surface area contributed by atoms with Gasteiger partial charge >= 0.3 is 0 Å². The number of halogens is 1. The summed E-state index contributed by atoms with van der Waals surface area (Å²) in [6.45, 7) is 2.27. The molecule has 0 fully saturated rings. The maximum absolute atomic E-state index is 11.6. The third-order valence-corrected chi connectivity index (χ3v) is 9.64. The fourth-order valence-corrected chi connectivity index (χ4v) is 7.15. The van der Waals surface area contributed by atoms with Crippen molar-refractivity contribution in [1.29, 1.82) is 0 Å². The van der Waals surface area contributed by atoms with Gasteiger partial charge in [-0.3, -0.25) is 0 Å². The van der Waals surface area contributed by atoms with E-state index in [2.05, 4.69) is 0 Å². The Kier molecular flexibility index (Phi) is 9.26. The lowest BCUT2D eigenvalue weighted by Gasteiger charge is -2.20. The van der Waals surface area contributed by atoms with Gasteiger partial charge < -0.3 is 18.7 Å². The van der Waals surface area contributed by atoms with E-state index in [1.807, 2.05) is 78.2 Å². The Morgan fingerprint density at radius 1 is 0.953 bits per heavy atom. The number of anilines is 1. The highest BCUT2D eigenvalue weighted by Crippen LogP contribution is 2.42. The fraction of sp³-hybridized carbons (Fsp3) is 0.233. The number of fused-ring (bicyclic) bond motifs is 2. The highest BCUT2D eigenvalue weighted by Gasteiger charge is 2.28. The lowest BCUT2D eigenvalue weighted by atomic mass is 10.0. The van der Waals surface area contributed by atoms with Crippen molar-refractivity contribution in [2.45, 2.75) is 26.3 Å². The summed E-state index contributed by atoms with van der Waals surface area (Å²) in [5, 5.41) is 1.43. The summed E-state index contributed by atoms with van der Waals surface area (Å²) in [5.41, 5.74) is 4.23. The molecule has 0 atom stereocenters. The Labute approximate surface area is 259 Å². The first kappa shape index (κ1) is 31.2. The molecule has 43 heavy (non-hydrogen) atoms. The molecule has 0 amide bonds. The lowest BCUT2D eigenvalue weighted by molar-refractivity contribution is -0.669. The van der Waals surface area contributed by atoms with Crippen molar-refractivity contribution in [2.24, 2.45) is 0 Å². The maximum atomic E-state index is 11.6. The predicted octanol–water partition coefficient (Wildman–Crippen LogP) is 5.52. The minimum atomic E-state index is -4.48. The van der Waals surface area contributed by atoms with Crippen LogP contribution in [-0.4, -0.2) is 44.0 Å². The van der Waals surface area contributed by atoms with E-state index in [4.69, 9.17) is 16.3 Å². The second-order valence-electron chi connectivity index (χ2n) is 10.1. The molecule has 4 aromatic rings. The molecule has 1 aromatic heterocycles. The van der Waals surface area contributed by atoms with Crippen molar-refractivity contribution in [1.82, 2.24) is 0 Å². The molecular weight excluding hydrogens is 632 g/mol. The number of allylic oxidation sites excluding steroid dienone is 2. The maximum Gasteiger partial charge on any atom is 0.263 e. The average molecular weight is 660 g/mol. The zero-order chi connectivity index (χ0) is 30.8. The molecule has 5 rings (SSSR count). The fourth-order valence-electron chi connectivity index (χ4n) is 4.84. The largest absolute Gasteiger partial charge is 0.748 e. The normalized spacial score (nSPS) is 14.8. The van der Waals surface area contributed by atoms with Crippen molar-refractivity contribution in [3.8, 4) is 16.9 Å². The predicted molar refractivity (Wildman–Crippen MR) is 167 cm³/mol. The number of aromatic nitrogens is 1. The van der Waals surface area contributed by atoms with Crippen LogP contribution in [0.25, 0.3) is 27.4 Å². The van der Waals surface area contributed by atoms with Crippen LogP contribution in [0.1, 0.15) is 24.8 Å². The molecular formula is C30H28ClN2O7S3-. The monoisotopic (exact) mass is 659 g/mol. The Morgan fingerprint density at radius 3 is 2.42 bits per heavy atom. The summed E-state index contributed by atoms with van der Waals surface area (Å²) in [6.07, 6.45) is 4.44. The van der Waals surface area contributed by atoms with E-state index in [1.165, 1.54) is 11.3 Å². The van der Waals surface area contributed by atoms with Crippen LogP contribution in [0.3, 0.4) is 0 Å². The van der Waals surface area contributed by atoms with E-state index >= 15 is 0 Å². The SMILES string of the molecule is CC(=Cc1sc2ccc(Cl)cc2[n+]1CCCCS(=O)(=O)[O-])C=C1Oc2ccc(-c3ccccc3)cc2N1CCS(=O)(=O)[O-]. The van der Waals surface area contributed by atoms with Crippen LogP contribution in [0.5, 0.6) is 5.75 Å². The van der Waals surface area contributed by atoms with Gasteiger partial charge in [0, 0.05) is 42.0 Å². The summed E-state index contributed by atoms with van der Waals surface area (Å²) >= 11 is 7.80. The number of unbranched alkanes of at least 4 members (excludes halogenated alkanes) is 1. The second kappa shape index (κ2) is 12.8. The van der Waals surface area contributed by atoms with Gasteiger partial charge in [0.25, 0.3) is 5.01 Å². The highest BCUT2D eigenvalue weighted by molar-refractivity contribution is 7.85. The number of rotatable bonds is 11. The Morgan fingerprint density at radius 2 is 1.70 bits per heavy atom. The highest BCUT2D eigenvalue weighted by atomic mass is 35.5. The van der Waals surface area contributed by atoms with E-state index in [-0.39, 0.29) is 13.0 Å². The molecule has 0 bridgehead atoms. The van der Waals surface area contributed by atoms with Gasteiger partial charge in [-0.15, -0.1) is 0 Å². The van der Waals surface area contributed by atoms with Crippen molar-refractivity contribution >= 4 is 65.2 Å². The van der Waals surface area contributed by atoms with E-state index < -0.39 is 31.7 Å².